The molecule has 43 heavy (non-hydrogen) atoms. The molecule has 218 valence electrons. The van der Waals surface area contributed by atoms with Gasteiger partial charge in [0.25, 0.3) is 5.91 Å². The van der Waals surface area contributed by atoms with E-state index in [4.69, 9.17) is 10.00 Å². The molecule has 4 atom stereocenters. The van der Waals surface area contributed by atoms with E-state index in [1.807, 2.05) is 36.4 Å². The quantitative estimate of drug-likeness (QED) is 0.436. The second kappa shape index (κ2) is 9.77. The van der Waals surface area contributed by atoms with E-state index in [0.717, 1.165) is 53.2 Å². The predicted molar refractivity (Wildman–Crippen MR) is 161 cm³/mol. The summed E-state index contributed by atoms with van der Waals surface area (Å²) in [5, 5.41) is 24.6. The SMILES string of the molecule is N#Cc1ccc(-c2ccc(CCNC(=O)c3ccc4c5c3O[C@H]3C(=O)CC[C@@]6(O)[C@@H](C4)N(CC4CC4)CCC536)cc2)cc1. The first kappa shape index (κ1) is 26.6. The zero-order chi connectivity index (χ0) is 29.3. The number of amides is 1. The van der Waals surface area contributed by atoms with Crippen LogP contribution in [0.1, 0.15) is 64.7 Å². The molecule has 2 bridgehead atoms. The van der Waals surface area contributed by atoms with Gasteiger partial charge in [0, 0.05) is 31.1 Å². The summed E-state index contributed by atoms with van der Waals surface area (Å²) in [5.41, 5.74) is 4.54. The summed E-state index contributed by atoms with van der Waals surface area (Å²) < 4.78 is 6.46. The molecular formula is C36H35N3O4. The van der Waals surface area contributed by atoms with E-state index >= 15 is 0 Å². The average molecular weight is 574 g/mol. The molecule has 3 aliphatic carbocycles. The minimum atomic E-state index is -1.03. The van der Waals surface area contributed by atoms with E-state index in [9.17, 15) is 14.7 Å². The zero-order valence-electron chi connectivity index (χ0n) is 24.1. The molecule has 1 spiro atoms. The lowest BCUT2D eigenvalue weighted by molar-refractivity contribution is -0.188. The molecule has 3 aromatic rings. The molecule has 2 saturated carbocycles. The van der Waals surface area contributed by atoms with Gasteiger partial charge in [-0.3, -0.25) is 14.5 Å². The second-order valence-corrected chi connectivity index (χ2v) is 13.1. The standard InChI is InChI=1S/C36H35N3O4/c37-20-23-5-9-26(10-6-23)25-7-3-22(4-8-25)14-17-38-34(41)28-12-11-27-19-30-36(42)15-13-29(40)33-35(36,31(27)32(28)43-33)16-18-39(30)21-24-1-2-24/h3-12,24,30,33,42H,1-2,13-19,21H2,(H,38,41)/t30-,33+,35?,36-/m1/s1. The summed E-state index contributed by atoms with van der Waals surface area (Å²) >= 11 is 0. The van der Waals surface area contributed by atoms with Crippen LogP contribution < -0.4 is 10.1 Å². The number of hydrogen-bond donors (Lipinski definition) is 2. The van der Waals surface area contributed by atoms with Gasteiger partial charge >= 0.3 is 0 Å². The van der Waals surface area contributed by atoms with E-state index in [-0.39, 0.29) is 17.7 Å². The number of carbonyl (C=O) groups excluding carboxylic acids is 2. The van der Waals surface area contributed by atoms with Crippen LogP contribution in [0.5, 0.6) is 5.75 Å². The summed E-state index contributed by atoms with van der Waals surface area (Å²) in [5.74, 6) is 1.06. The summed E-state index contributed by atoms with van der Waals surface area (Å²) in [7, 11) is 0. The Labute approximate surface area is 251 Å². The van der Waals surface area contributed by atoms with E-state index < -0.39 is 17.1 Å². The number of aliphatic hydroxyl groups is 1. The molecule has 2 N–H and O–H groups in total. The normalized spacial score (nSPS) is 28.5. The molecule has 7 heteroatoms. The fourth-order valence-electron chi connectivity index (χ4n) is 8.47. The van der Waals surface area contributed by atoms with Gasteiger partial charge in [0.05, 0.1) is 28.2 Å². The number of nitrogens with zero attached hydrogens (tertiary/aromatic N) is 2. The van der Waals surface area contributed by atoms with Crippen LogP contribution in [0.25, 0.3) is 11.1 Å². The maximum Gasteiger partial charge on any atom is 0.255 e. The Balaban J connectivity index is 1.02. The number of ketones is 1. The maximum absolute atomic E-state index is 13.5. The van der Waals surface area contributed by atoms with Crippen LogP contribution in [-0.4, -0.2) is 59.1 Å². The molecule has 1 unspecified atom stereocenters. The molecular weight excluding hydrogens is 538 g/mol. The van der Waals surface area contributed by atoms with Gasteiger partial charge in [-0.2, -0.15) is 5.26 Å². The van der Waals surface area contributed by atoms with Gasteiger partial charge in [-0.15, -0.1) is 0 Å². The van der Waals surface area contributed by atoms with Crippen molar-refractivity contribution in [1.82, 2.24) is 10.2 Å². The van der Waals surface area contributed by atoms with Gasteiger partial charge in [0.15, 0.2) is 11.9 Å². The van der Waals surface area contributed by atoms with Crippen LogP contribution in [0.3, 0.4) is 0 Å². The van der Waals surface area contributed by atoms with E-state index in [0.29, 0.717) is 49.1 Å². The van der Waals surface area contributed by atoms with Crippen molar-refractivity contribution < 1.29 is 19.4 Å². The molecule has 7 nitrogen and oxygen atoms in total. The van der Waals surface area contributed by atoms with Crippen molar-refractivity contribution in [3.8, 4) is 22.9 Å². The summed E-state index contributed by atoms with van der Waals surface area (Å²) in [4.78, 5) is 29.3. The maximum atomic E-state index is 13.5. The average Bonchev–Trinajstić information content (AvgIpc) is 3.77. The monoisotopic (exact) mass is 573 g/mol. The lowest BCUT2D eigenvalue weighted by Crippen LogP contribution is -2.76. The number of likely N-dealkylation sites (tertiary alicyclic amines) is 1. The van der Waals surface area contributed by atoms with Gasteiger partial charge in [-0.1, -0.05) is 42.5 Å². The molecule has 3 aromatic carbocycles. The van der Waals surface area contributed by atoms with Crippen molar-refractivity contribution in [2.75, 3.05) is 19.6 Å². The van der Waals surface area contributed by atoms with Gasteiger partial charge in [-0.05, 0) is 91.4 Å². The van der Waals surface area contributed by atoms with Crippen LogP contribution in [0.4, 0.5) is 0 Å². The fourth-order valence-corrected chi connectivity index (χ4v) is 8.47. The Morgan fingerprint density at radius 1 is 1.05 bits per heavy atom. The highest BCUT2D eigenvalue weighted by molar-refractivity contribution is 5.99. The number of piperidine rings is 1. The van der Waals surface area contributed by atoms with Gasteiger partial charge in [-0.25, -0.2) is 0 Å². The molecule has 0 radical (unpaired) electrons. The molecule has 2 heterocycles. The van der Waals surface area contributed by atoms with E-state index in [2.05, 4.69) is 40.6 Å². The lowest BCUT2D eigenvalue weighted by Gasteiger charge is -2.62. The number of hydrogen-bond acceptors (Lipinski definition) is 6. The highest BCUT2D eigenvalue weighted by Crippen LogP contribution is 2.64. The second-order valence-electron chi connectivity index (χ2n) is 13.1. The van der Waals surface area contributed by atoms with Gasteiger partial charge < -0.3 is 15.2 Å². The van der Waals surface area contributed by atoms with Gasteiger partial charge in [0.1, 0.15) is 5.75 Å². The number of benzene rings is 3. The van der Waals surface area contributed by atoms with Crippen molar-refractivity contribution in [2.24, 2.45) is 5.92 Å². The summed E-state index contributed by atoms with van der Waals surface area (Å²) in [6.45, 7) is 2.32. The van der Waals surface area contributed by atoms with Crippen LogP contribution in [-0.2, 0) is 23.1 Å². The van der Waals surface area contributed by atoms with Crippen molar-refractivity contribution in [3.05, 3.63) is 88.5 Å². The first-order valence-corrected chi connectivity index (χ1v) is 15.6. The number of rotatable bonds is 7. The van der Waals surface area contributed by atoms with Crippen molar-refractivity contribution in [3.63, 3.8) is 0 Å². The van der Waals surface area contributed by atoms with Crippen molar-refractivity contribution in [1.29, 1.82) is 5.26 Å². The predicted octanol–water partition coefficient (Wildman–Crippen LogP) is 4.33. The Kier molecular flexibility index (Phi) is 6.05. The number of Topliss-reactive ketones (excluding diaryl/α,β-unsaturated/α-hetero) is 1. The van der Waals surface area contributed by atoms with Crippen LogP contribution in [0.15, 0.2) is 60.7 Å². The zero-order valence-corrected chi connectivity index (χ0v) is 24.1. The Bertz CT molecular complexity index is 1670. The third-order valence-electron chi connectivity index (χ3n) is 10.8. The smallest absolute Gasteiger partial charge is 0.255 e. The van der Waals surface area contributed by atoms with Gasteiger partial charge in [0.2, 0.25) is 0 Å². The molecule has 3 fully saturated rings. The Morgan fingerprint density at radius 3 is 2.51 bits per heavy atom. The number of nitriles is 1. The number of ether oxygens (including phenoxy) is 1. The molecule has 1 saturated heterocycles. The third-order valence-corrected chi connectivity index (χ3v) is 10.8. The minimum Gasteiger partial charge on any atom is -0.480 e. The molecule has 8 rings (SSSR count). The minimum absolute atomic E-state index is 0.0255. The first-order chi connectivity index (χ1) is 20.9. The number of nitrogens with one attached hydrogen (secondary N) is 1. The lowest BCUT2D eigenvalue weighted by atomic mass is 9.49. The van der Waals surface area contributed by atoms with Crippen LogP contribution >= 0.6 is 0 Å². The molecule has 0 aromatic heterocycles. The first-order valence-electron chi connectivity index (χ1n) is 15.6. The van der Waals surface area contributed by atoms with Crippen LogP contribution in [0, 0.1) is 17.2 Å². The number of carbonyl (C=O) groups is 2. The Hall–Kier alpha value is -3.99. The largest absolute Gasteiger partial charge is 0.480 e. The third kappa shape index (κ3) is 4.00. The molecule has 5 aliphatic rings. The highest BCUT2D eigenvalue weighted by atomic mass is 16.5. The fraction of sp³-hybridized carbons (Fsp3) is 0.417. The topological polar surface area (TPSA) is 103 Å². The molecule has 1 amide bonds. The van der Waals surface area contributed by atoms with Crippen molar-refractivity contribution in [2.45, 2.75) is 68.1 Å². The van der Waals surface area contributed by atoms with Crippen LogP contribution in [0.2, 0.25) is 0 Å². The van der Waals surface area contributed by atoms with Crippen molar-refractivity contribution >= 4 is 11.7 Å². The Morgan fingerprint density at radius 2 is 1.79 bits per heavy atom. The molecule has 2 aliphatic heterocycles. The summed E-state index contributed by atoms with van der Waals surface area (Å²) in [6.07, 6.45) is 4.63. The van der Waals surface area contributed by atoms with E-state index in [1.54, 1.807) is 0 Å². The summed E-state index contributed by atoms with van der Waals surface area (Å²) in [6, 6.07) is 21.8. The van der Waals surface area contributed by atoms with E-state index in [1.165, 1.54) is 12.8 Å². The highest BCUT2D eigenvalue weighted by Gasteiger charge is 2.73.